The fourth-order valence-electron chi connectivity index (χ4n) is 2.76. The lowest BCUT2D eigenvalue weighted by Crippen LogP contribution is -2.54. The Balaban J connectivity index is 2.37. The number of methoxy groups -OCH3 is 1. The monoisotopic (exact) mass is 311 g/mol. The van der Waals surface area contributed by atoms with Crippen molar-refractivity contribution in [3.63, 3.8) is 0 Å². The Morgan fingerprint density at radius 3 is 2.43 bits per heavy atom. The minimum Gasteiger partial charge on any atom is -0.492 e. The van der Waals surface area contributed by atoms with E-state index in [9.17, 15) is 4.79 Å². The average molecular weight is 311 g/mol. The molecule has 1 aromatic rings. The molecule has 21 heavy (non-hydrogen) atoms. The maximum Gasteiger partial charge on any atom is 0.177 e. The smallest absolute Gasteiger partial charge is 0.177 e. The molecule has 1 aromatic heterocycles. The molecule has 2 unspecified atom stereocenters. The Labute approximate surface area is 130 Å². The lowest BCUT2D eigenvalue weighted by atomic mass is 10.1. The van der Waals surface area contributed by atoms with Gasteiger partial charge < -0.3 is 15.4 Å². The van der Waals surface area contributed by atoms with Gasteiger partial charge in [0.25, 0.3) is 0 Å². The van der Waals surface area contributed by atoms with E-state index in [1.807, 2.05) is 6.92 Å². The van der Waals surface area contributed by atoms with Crippen molar-refractivity contribution in [1.82, 2.24) is 4.90 Å². The van der Waals surface area contributed by atoms with Gasteiger partial charge in [-0.15, -0.1) is 11.3 Å². The summed E-state index contributed by atoms with van der Waals surface area (Å²) in [5, 5.41) is 0.985. The summed E-state index contributed by atoms with van der Waals surface area (Å²) < 4.78 is 5.48. The van der Waals surface area contributed by atoms with Crippen molar-refractivity contribution in [2.75, 3.05) is 37.9 Å². The van der Waals surface area contributed by atoms with Crippen LogP contribution in [0.4, 0.5) is 10.7 Å². The number of anilines is 2. The Morgan fingerprint density at radius 1 is 1.38 bits per heavy atom. The Bertz CT molecular complexity index is 517. The number of nitrogens with zero attached hydrogens (tertiary/aromatic N) is 2. The highest BCUT2D eigenvalue weighted by Gasteiger charge is 2.31. The Kier molecular flexibility index (Phi) is 4.78. The second-order valence-corrected chi connectivity index (χ2v) is 6.73. The van der Waals surface area contributed by atoms with Crippen LogP contribution in [-0.4, -0.2) is 50.0 Å². The van der Waals surface area contributed by atoms with Gasteiger partial charge in [0.15, 0.2) is 11.5 Å². The minimum absolute atomic E-state index is 0.0808. The molecule has 1 fully saturated rings. The first kappa shape index (κ1) is 16.1. The van der Waals surface area contributed by atoms with Crippen molar-refractivity contribution in [3.05, 3.63) is 4.88 Å². The summed E-state index contributed by atoms with van der Waals surface area (Å²) in [4.78, 5) is 17.3. The number of ketones is 1. The highest BCUT2D eigenvalue weighted by molar-refractivity contribution is 7.19. The average Bonchev–Trinajstić information content (AvgIpc) is 2.80. The largest absolute Gasteiger partial charge is 0.492 e. The number of hydrogen-bond donors (Lipinski definition) is 1. The molecule has 1 aliphatic rings. The van der Waals surface area contributed by atoms with E-state index in [2.05, 4.69) is 30.7 Å². The molecule has 0 aliphatic carbocycles. The van der Waals surface area contributed by atoms with Gasteiger partial charge in [-0.3, -0.25) is 9.69 Å². The third-order valence-electron chi connectivity index (χ3n) is 4.31. The molecule has 2 N–H and O–H groups in total. The van der Waals surface area contributed by atoms with Crippen molar-refractivity contribution in [1.29, 1.82) is 0 Å². The number of thiophene rings is 1. The summed E-state index contributed by atoms with van der Waals surface area (Å²) >= 11 is 1.46. The molecule has 1 saturated heterocycles. The van der Waals surface area contributed by atoms with E-state index in [0.717, 1.165) is 18.1 Å². The van der Waals surface area contributed by atoms with Gasteiger partial charge in [0, 0.05) is 31.6 Å². The van der Waals surface area contributed by atoms with E-state index in [1.165, 1.54) is 11.3 Å². The van der Waals surface area contributed by atoms with Crippen LogP contribution in [0.15, 0.2) is 0 Å². The number of hydrogen-bond acceptors (Lipinski definition) is 6. The zero-order valence-corrected chi connectivity index (χ0v) is 14.3. The van der Waals surface area contributed by atoms with Gasteiger partial charge >= 0.3 is 0 Å². The number of carbonyl (C=O) groups is 1. The molecule has 6 heteroatoms. The molecule has 0 spiro atoms. The molecule has 2 heterocycles. The first-order valence-electron chi connectivity index (χ1n) is 7.36. The van der Waals surface area contributed by atoms with E-state index in [4.69, 9.17) is 10.5 Å². The van der Waals surface area contributed by atoms with Gasteiger partial charge in [-0.05, 0) is 20.9 Å². The van der Waals surface area contributed by atoms with Crippen LogP contribution in [0.5, 0.6) is 5.75 Å². The summed E-state index contributed by atoms with van der Waals surface area (Å²) in [6.07, 6.45) is 0.461. The lowest BCUT2D eigenvalue weighted by Gasteiger charge is -2.43. The van der Waals surface area contributed by atoms with Crippen molar-refractivity contribution < 1.29 is 9.53 Å². The number of piperazine rings is 1. The summed E-state index contributed by atoms with van der Waals surface area (Å²) in [6, 6.07) is 0.902. The van der Waals surface area contributed by atoms with Crippen molar-refractivity contribution >= 4 is 27.8 Å². The van der Waals surface area contributed by atoms with E-state index < -0.39 is 0 Å². The minimum atomic E-state index is 0.0808. The molecule has 118 valence electrons. The second-order valence-electron chi connectivity index (χ2n) is 5.73. The summed E-state index contributed by atoms with van der Waals surface area (Å²) in [5.74, 6) is 0.734. The number of Topliss-reactive ketones (excluding diaryl/α,β-unsaturated/α-hetero) is 1. The van der Waals surface area contributed by atoms with Gasteiger partial charge in [-0.2, -0.15) is 0 Å². The van der Waals surface area contributed by atoms with Gasteiger partial charge in [0.1, 0.15) is 5.00 Å². The first-order valence-corrected chi connectivity index (χ1v) is 8.18. The summed E-state index contributed by atoms with van der Waals surface area (Å²) in [7, 11) is 3.77. The molecular formula is C15H25N3O2S. The number of nitrogens with two attached hydrogens (primary N) is 1. The zero-order valence-electron chi connectivity index (χ0n) is 13.5. The van der Waals surface area contributed by atoms with Crippen molar-refractivity contribution in [2.45, 2.75) is 39.3 Å². The highest BCUT2D eigenvalue weighted by atomic mass is 32.1. The van der Waals surface area contributed by atoms with Crippen LogP contribution < -0.4 is 15.4 Å². The van der Waals surface area contributed by atoms with Gasteiger partial charge in [-0.25, -0.2) is 0 Å². The molecule has 1 aliphatic heterocycles. The predicted molar refractivity (Wildman–Crippen MR) is 88.8 cm³/mol. The lowest BCUT2D eigenvalue weighted by molar-refractivity contribution is 0.0992. The summed E-state index contributed by atoms with van der Waals surface area (Å²) in [6.45, 7) is 8.11. The normalized spacial score (nSPS) is 23.4. The molecular weight excluding hydrogens is 286 g/mol. The SMILES string of the molecule is CCC(=O)c1sc(N2CC(C)N(C)C(C)C2)c(OC)c1N. The second kappa shape index (κ2) is 6.23. The molecule has 0 aromatic carbocycles. The standard InChI is InChI=1S/C15H25N3O2S/c1-6-11(19)14-12(16)13(20-5)15(21-14)18-7-9(2)17(4)10(3)8-18/h9-10H,6-8,16H2,1-5H3. The molecule has 0 bridgehead atoms. The fourth-order valence-corrected chi connectivity index (χ4v) is 3.98. The van der Waals surface area contributed by atoms with E-state index in [1.54, 1.807) is 7.11 Å². The van der Waals surface area contributed by atoms with Crippen LogP contribution in [0.3, 0.4) is 0 Å². The van der Waals surface area contributed by atoms with Crippen molar-refractivity contribution in [3.8, 4) is 5.75 Å². The van der Waals surface area contributed by atoms with Gasteiger partial charge in [-0.1, -0.05) is 6.92 Å². The van der Waals surface area contributed by atoms with E-state index >= 15 is 0 Å². The number of ether oxygens (including phenoxy) is 1. The van der Waals surface area contributed by atoms with Crippen LogP contribution >= 0.6 is 11.3 Å². The first-order chi connectivity index (χ1) is 9.90. The van der Waals surface area contributed by atoms with Gasteiger partial charge in [0.2, 0.25) is 0 Å². The molecule has 5 nitrogen and oxygen atoms in total. The van der Waals surface area contributed by atoms with Crippen LogP contribution in [0, 0.1) is 0 Å². The van der Waals surface area contributed by atoms with E-state index in [-0.39, 0.29) is 5.78 Å². The topological polar surface area (TPSA) is 58.8 Å². The molecule has 2 rings (SSSR count). The number of likely N-dealkylation sites (N-methyl/N-ethyl adjacent to an activating group) is 1. The highest BCUT2D eigenvalue weighted by Crippen LogP contribution is 2.46. The number of rotatable bonds is 4. The Hall–Kier alpha value is -1.27. The molecule has 0 radical (unpaired) electrons. The van der Waals surface area contributed by atoms with Gasteiger partial charge in [0.05, 0.1) is 17.7 Å². The van der Waals surface area contributed by atoms with Crippen molar-refractivity contribution in [2.24, 2.45) is 0 Å². The predicted octanol–water partition coefficient (Wildman–Crippen LogP) is 2.46. The maximum atomic E-state index is 12.0. The third-order valence-corrected chi connectivity index (χ3v) is 5.60. The third kappa shape index (κ3) is 2.87. The van der Waals surface area contributed by atoms with Crippen LogP contribution in [0.1, 0.15) is 36.9 Å². The van der Waals surface area contributed by atoms with Crippen LogP contribution in [0.25, 0.3) is 0 Å². The Morgan fingerprint density at radius 2 is 1.95 bits per heavy atom. The van der Waals surface area contributed by atoms with Crippen LogP contribution in [0.2, 0.25) is 0 Å². The number of nitrogen functional groups attached to an aromatic ring is 1. The quantitative estimate of drug-likeness (QED) is 0.866. The molecule has 0 amide bonds. The molecule has 0 saturated carbocycles. The number of carbonyl (C=O) groups excluding carboxylic acids is 1. The van der Waals surface area contributed by atoms with Crippen LogP contribution in [-0.2, 0) is 0 Å². The fraction of sp³-hybridized carbons (Fsp3) is 0.667. The zero-order chi connectivity index (χ0) is 15.7. The molecule has 2 atom stereocenters. The maximum absolute atomic E-state index is 12.0. The summed E-state index contributed by atoms with van der Waals surface area (Å²) in [5.41, 5.74) is 6.61. The van der Waals surface area contributed by atoms with E-state index in [0.29, 0.717) is 34.8 Å².